The molecule has 4 rings (SSSR count). The first-order chi connectivity index (χ1) is 11.7. The maximum absolute atomic E-state index is 9.47. The molecular weight excluding hydrogens is 454 g/mol. The second-order valence-electron chi connectivity index (χ2n) is 7.22. The number of hydrogen-bond donors (Lipinski definition) is 1. The van der Waals surface area contributed by atoms with Crippen LogP contribution >= 0.6 is 0 Å². The van der Waals surface area contributed by atoms with Crippen LogP contribution < -0.4 is 24.8 Å². The SMILES string of the molecule is CC(CCCO)(C1=CC=C2C=CC=CC21)C1C=Cc2ccccc21.[Cl-].[Cl-].[Zr+2]. The van der Waals surface area contributed by atoms with Crippen LogP contribution in [0.4, 0.5) is 0 Å². The molecule has 3 aliphatic carbocycles. The van der Waals surface area contributed by atoms with Crippen molar-refractivity contribution < 1.29 is 56.1 Å². The minimum Gasteiger partial charge on any atom is -1.00 e. The van der Waals surface area contributed by atoms with Gasteiger partial charge in [-0.05, 0) is 29.5 Å². The molecule has 1 nitrogen and oxygen atoms in total. The van der Waals surface area contributed by atoms with E-state index in [1.54, 1.807) is 0 Å². The summed E-state index contributed by atoms with van der Waals surface area (Å²) in [7, 11) is 0. The van der Waals surface area contributed by atoms with Gasteiger partial charge < -0.3 is 29.9 Å². The fourth-order valence-electron chi connectivity index (χ4n) is 4.57. The number of hydrogen-bond acceptors (Lipinski definition) is 1. The van der Waals surface area contributed by atoms with Gasteiger partial charge in [-0.3, -0.25) is 0 Å². The summed E-state index contributed by atoms with van der Waals surface area (Å²) >= 11 is 0. The van der Waals surface area contributed by atoms with Gasteiger partial charge in [-0.1, -0.05) is 85.4 Å². The summed E-state index contributed by atoms with van der Waals surface area (Å²) in [5.41, 5.74) is 5.65. The number of allylic oxidation sites excluding steroid dienone is 9. The summed E-state index contributed by atoms with van der Waals surface area (Å²) in [6, 6.07) is 8.72. The molecule has 0 spiro atoms. The molecule has 3 atom stereocenters. The van der Waals surface area contributed by atoms with Gasteiger partial charge in [0.2, 0.25) is 0 Å². The number of fused-ring (bicyclic) bond motifs is 2. The summed E-state index contributed by atoms with van der Waals surface area (Å²) in [6.45, 7) is 2.64. The maximum Gasteiger partial charge on any atom is 2.00 e. The second-order valence-corrected chi connectivity index (χ2v) is 7.22. The molecule has 0 amide bonds. The molecule has 1 aromatic rings. The Morgan fingerprint density at radius 2 is 1.78 bits per heavy atom. The van der Waals surface area contributed by atoms with Gasteiger partial charge in [0.15, 0.2) is 0 Å². The average molecular weight is 479 g/mol. The molecule has 4 heteroatoms. The van der Waals surface area contributed by atoms with Crippen molar-refractivity contribution in [3.63, 3.8) is 0 Å². The van der Waals surface area contributed by atoms with E-state index < -0.39 is 0 Å². The topological polar surface area (TPSA) is 20.2 Å². The third-order valence-corrected chi connectivity index (χ3v) is 5.85. The van der Waals surface area contributed by atoms with Crippen LogP contribution in [0, 0.1) is 11.3 Å². The first kappa shape index (κ1) is 24.4. The largest absolute Gasteiger partial charge is 2.00 e. The Morgan fingerprint density at radius 3 is 2.56 bits per heavy atom. The second kappa shape index (κ2) is 10.2. The van der Waals surface area contributed by atoms with Crippen molar-refractivity contribution >= 4 is 6.08 Å². The quantitative estimate of drug-likeness (QED) is 0.587. The van der Waals surface area contributed by atoms with Crippen LogP contribution in [-0.2, 0) is 26.2 Å². The molecule has 1 N–H and O–H groups in total. The van der Waals surface area contributed by atoms with E-state index in [0.29, 0.717) is 11.8 Å². The number of aliphatic hydroxyl groups excluding tert-OH is 1. The molecule has 0 heterocycles. The van der Waals surface area contributed by atoms with E-state index >= 15 is 0 Å². The molecule has 0 saturated carbocycles. The van der Waals surface area contributed by atoms with Crippen molar-refractivity contribution in [2.75, 3.05) is 6.61 Å². The van der Waals surface area contributed by atoms with E-state index in [1.807, 2.05) is 0 Å². The fourth-order valence-corrected chi connectivity index (χ4v) is 4.57. The van der Waals surface area contributed by atoms with E-state index in [0.717, 1.165) is 12.8 Å². The van der Waals surface area contributed by atoms with Crippen LogP contribution in [0.1, 0.15) is 36.8 Å². The molecule has 1 aromatic carbocycles. The van der Waals surface area contributed by atoms with Crippen LogP contribution in [0.3, 0.4) is 0 Å². The Morgan fingerprint density at radius 1 is 1.00 bits per heavy atom. The molecule has 0 fully saturated rings. The first-order valence-electron chi connectivity index (χ1n) is 8.89. The molecule has 0 bridgehead atoms. The van der Waals surface area contributed by atoms with E-state index in [2.05, 4.69) is 79.8 Å². The van der Waals surface area contributed by atoms with Crippen LogP contribution in [0.2, 0.25) is 0 Å². The normalized spacial score (nSPS) is 23.0. The van der Waals surface area contributed by atoms with Crippen LogP contribution in [-0.4, -0.2) is 11.7 Å². The van der Waals surface area contributed by atoms with Crippen molar-refractivity contribution in [2.45, 2.75) is 25.7 Å². The Hall–Kier alpha value is -0.657. The summed E-state index contributed by atoms with van der Waals surface area (Å²) in [5.74, 6) is 0.762. The van der Waals surface area contributed by atoms with Gasteiger partial charge in [0, 0.05) is 23.9 Å². The fraction of sp³-hybridized carbons (Fsp3) is 0.304. The zero-order valence-corrected chi connectivity index (χ0v) is 19.4. The summed E-state index contributed by atoms with van der Waals surface area (Å²) in [5, 5.41) is 9.47. The van der Waals surface area contributed by atoms with Gasteiger partial charge >= 0.3 is 26.2 Å². The predicted octanol–water partition coefficient (Wildman–Crippen LogP) is -0.810. The van der Waals surface area contributed by atoms with Crippen molar-refractivity contribution in [3.8, 4) is 0 Å². The number of rotatable bonds is 5. The van der Waals surface area contributed by atoms with Crippen LogP contribution in [0.5, 0.6) is 0 Å². The maximum atomic E-state index is 9.47. The van der Waals surface area contributed by atoms with Gasteiger partial charge in [0.25, 0.3) is 0 Å². The smallest absolute Gasteiger partial charge is 1.00 e. The minimum absolute atomic E-state index is 0. The predicted molar refractivity (Wildman–Crippen MR) is 101 cm³/mol. The number of aliphatic hydroxyl groups is 1. The number of halogens is 2. The van der Waals surface area contributed by atoms with Gasteiger partial charge in [0.05, 0.1) is 0 Å². The van der Waals surface area contributed by atoms with Crippen LogP contribution in [0.15, 0.2) is 77.9 Å². The molecular formula is C23H24Cl2OZr. The van der Waals surface area contributed by atoms with E-state index in [1.165, 1.54) is 22.3 Å². The Bertz CT molecular complexity index is 806. The standard InChI is InChI=1S/C23H24O.2ClH.Zr/c1-23(15-6-16-24,21-13-11-17-7-2-4-9-19(17)21)22-14-12-18-8-3-5-10-20(18)22;;;/h2-5,7-14,19,22,24H,6,15-16H2,1H3;2*1H;/q;;;+2/p-2. The van der Waals surface area contributed by atoms with Crippen molar-refractivity contribution in [2.24, 2.45) is 11.3 Å². The van der Waals surface area contributed by atoms with E-state index in [-0.39, 0.29) is 63.0 Å². The summed E-state index contributed by atoms with van der Waals surface area (Å²) in [6.07, 6.45) is 19.9. The van der Waals surface area contributed by atoms with Gasteiger partial charge in [-0.25, -0.2) is 0 Å². The monoisotopic (exact) mass is 476 g/mol. The molecule has 3 aliphatic rings. The Labute approximate surface area is 194 Å². The first-order valence-corrected chi connectivity index (χ1v) is 8.89. The third-order valence-electron chi connectivity index (χ3n) is 5.85. The zero-order valence-electron chi connectivity index (χ0n) is 15.4. The van der Waals surface area contributed by atoms with Crippen LogP contribution in [0.25, 0.3) is 6.08 Å². The molecule has 0 radical (unpaired) electrons. The van der Waals surface area contributed by atoms with Crippen molar-refractivity contribution in [1.82, 2.24) is 0 Å². The molecule has 3 unspecified atom stereocenters. The summed E-state index contributed by atoms with van der Waals surface area (Å²) < 4.78 is 0. The van der Waals surface area contributed by atoms with Gasteiger partial charge in [-0.15, -0.1) is 0 Å². The molecule has 140 valence electrons. The average Bonchev–Trinajstić information content (AvgIpc) is 3.24. The molecule has 0 aliphatic heterocycles. The van der Waals surface area contributed by atoms with Crippen molar-refractivity contribution in [3.05, 3.63) is 89.1 Å². The van der Waals surface area contributed by atoms with Gasteiger partial charge in [0.1, 0.15) is 0 Å². The van der Waals surface area contributed by atoms with Gasteiger partial charge in [-0.2, -0.15) is 0 Å². The molecule has 0 aromatic heterocycles. The summed E-state index contributed by atoms with van der Waals surface area (Å²) in [4.78, 5) is 0. The van der Waals surface area contributed by atoms with E-state index in [4.69, 9.17) is 0 Å². The Balaban J connectivity index is 0.00000121. The van der Waals surface area contributed by atoms with Crippen molar-refractivity contribution in [1.29, 1.82) is 0 Å². The number of benzene rings is 1. The third kappa shape index (κ3) is 4.35. The molecule has 0 saturated heterocycles. The zero-order chi connectivity index (χ0) is 16.6. The Kier molecular flexibility index (Phi) is 9.22. The minimum atomic E-state index is 0. The molecule has 27 heavy (non-hydrogen) atoms. The van der Waals surface area contributed by atoms with E-state index in [9.17, 15) is 5.11 Å².